The summed E-state index contributed by atoms with van der Waals surface area (Å²) in [5.41, 5.74) is 5.60. The van der Waals surface area contributed by atoms with Crippen LogP contribution in [-0.2, 0) is 6.42 Å². The van der Waals surface area contributed by atoms with Gasteiger partial charge in [0.25, 0.3) is 0 Å². The maximum atomic E-state index is 6.03. The molecule has 0 aromatic heterocycles. The molecule has 0 saturated heterocycles. The third-order valence-corrected chi connectivity index (χ3v) is 4.80. The van der Waals surface area contributed by atoms with Crippen LogP contribution < -0.4 is 0 Å². The van der Waals surface area contributed by atoms with Crippen molar-refractivity contribution < 1.29 is 0 Å². The van der Waals surface area contributed by atoms with Crippen LogP contribution in [0.15, 0.2) is 48.5 Å². The van der Waals surface area contributed by atoms with Crippen molar-refractivity contribution in [2.45, 2.75) is 19.3 Å². The molecule has 1 aliphatic carbocycles. The molecule has 3 rings (SSSR count). The summed E-state index contributed by atoms with van der Waals surface area (Å²) < 4.78 is 0. The fourth-order valence-corrected chi connectivity index (χ4v) is 3.62. The fourth-order valence-electron chi connectivity index (χ4n) is 3.50. The van der Waals surface area contributed by atoms with Crippen molar-refractivity contribution in [3.63, 3.8) is 0 Å². The molecule has 2 aromatic rings. The van der Waals surface area contributed by atoms with Crippen LogP contribution in [-0.4, -0.2) is 25.5 Å². The Balaban J connectivity index is 2.06. The number of halogens is 1. The van der Waals surface area contributed by atoms with Crippen LogP contribution in [0.3, 0.4) is 0 Å². The fraction of sp³-hybridized carbons (Fsp3) is 0.333. The van der Waals surface area contributed by atoms with E-state index in [0.29, 0.717) is 5.92 Å². The van der Waals surface area contributed by atoms with Crippen molar-refractivity contribution in [1.29, 1.82) is 0 Å². The lowest BCUT2D eigenvalue weighted by atomic mass is 9.88. The number of hydrogen-bond donors (Lipinski definition) is 0. The molecule has 0 fully saturated rings. The van der Waals surface area contributed by atoms with Gasteiger partial charge in [-0.15, -0.1) is 0 Å². The highest BCUT2D eigenvalue weighted by atomic mass is 35.5. The van der Waals surface area contributed by atoms with Crippen molar-refractivity contribution in [2.24, 2.45) is 5.92 Å². The molecule has 0 aliphatic heterocycles. The van der Waals surface area contributed by atoms with Crippen molar-refractivity contribution in [3.05, 3.63) is 70.2 Å². The molecule has 2 heteroatoms. The highest BCUT2D eigenvalue weighted by molar-refractivity contribution is 6.30. The van der Waals surface area contributed by atoms with E-state index in [1.54, 1.807) is 0 Å². The summed E-state index contributed by atoms with van der Waals surface area (Å²) >= 11 is 6.03. The predicted octanol–water partition coefficient (Wildman–Crippen LogP) is 5.39. The largest absolute Gasteiger partial charge is 0.309 e. The standard InChI is InChI=1S/C21H24ClN/c1-23(2)15-18-8-5-7-17-6-3-4-9-20(17)21(18)14-16-10-12-19(22)13-11-16/h3-4,6,9-14,18H,5,7-8,15H2,1-2H3. The summed E-state index contributed by atoms with van der Waals surface area (Å²) in [6.07, 6.45) is 6.03. The molecule has 120 valence electrons. The van der Waals surface area contributed by atoms with Gasteiger partial charge in [-0.2, -0.15) is 0 Å². The first-order chi connectivity index (χ1) is 11.1. The second-order valence-electron chi connectivity index (χ2n) is 6.66. The Morgan fingerprint density at radius 1 is 1.09 bits per heavy atom. The van der Waals surface area contributed by atoms with E-state index in [4.69, 9.17) is 11.6 Å². The molecule has 23 heavy (non-hydrogen) atoms. The van der Waals surface area contributed by atoms with Crippen LogP contribution in [0, 0.1) is 5.92 Å². The molecule has 0 heterocycles. The van der Waals surface area contributed by atoms with E-state index in [-0.39, 0.29) is 0 Å². The molecule has 1 aliphatic rings. The van der Waals surface area contributed by atoms with E-state index in [2.05, 4.69) is 61.5 Å². The first-order valence-electron chi connectivity index (χ1n) is 8.33. The second kappa shape index (κ2) is 7.33. The van der Waals surface area contributed by atoms with E-state index >= 15 is 0 Å². The maximum Gasteiger partial charge on any atom is 0.0406 e. The highest BCUT2D eigenvalue weighted by Gasteiger charge is 2.22. The maximum absolute atomic E-state index is 6.03. The van der Waals surface area contributed by atoms with Crippen molar-refractivity contribution >= 4 is 23.3 Å². The monoisotopic (exact) mass is 325 g/mol. The molecule has 2 aromatic carbocycles. The van der Waals surface area contributed by atoms with Gasteiger partial charge in [0.1, 0.15) is 0 Å². The Hall–Kier alpha value is -1.57. The summed E-state index contributed by atoms with van der Waals surface area (Å²) in [4.78, 5) is 2.30. The number of aryl methyl sites for hydroxylation is 1. The number of hydrogen-bond acceptors (Lipinski definition) is 1. The van der Waals surface area contributed by atoms with Gasteiger partial charge in [-0.3, -0.25) is 0 Å². The average Bonchev–Trinajstić information content (AvgIpc) is 2.69. The molecule has 1 atom stereocenters. The summed E-state index contributed by atoms with van der Waals surface area (Å²) in [6, 6.07) is 17.0. The molecule has 0 N–H and O–H groups in total. The van der Waals surface area contributed by atoms with E-state index in [9.17, 15) is 0 Å². The van der Waals surface area contributed by atoms with Gasteiger partial charge >= 0.3 is 0 Å². The Labute approximate surface area is 144 Å². The molecular weight excluding hydrogens is 302 g/mol. The minimum absolute atomic E-state index is 0.573. The van der Waals surface area contributed by atoms with Gasteiger partial charge in [-0.05, 0) is 73.7 Å². The van der Waals surface area contributed by atoms with Crippen LogP contribution in [0.2, 0.25) is 5.02 Å². The molecule has 0 bridgehead atoms. The zero-order chi connectivity index (χ0) is 16.2. The van der Waals surface area contributed by atoms with E-state index < -0.39 is 0 Å². The lowest BCUT2D eigenvalue weighted by Crippen LogP contribution is -2.22. The van der Waals surface area contributed by atoms with Crippen LogP contribution in [0.25, 0.3) is 11.6 Å². The van der Waals surface area contributed by atoms with Crippen LogP contribution in [0.4, 0.5) is 0 Å². The lowest BCUT2D eigenvalue weighted by molar-refractivity contribution is 0.353. The Kier molecular flexibility index (Phi) is 5.20. The number of nitrogens with zero attached hydrogens (tertiary/aromatic N) is 1. The molecule has 0 saturated carbocycles. The van der Waals surface area contributed by atoms with Gasteiger partial charge in [-0.1, -0.05) is 54.1 Å². The number of fused-ring (bicyclic) bond motifs is 1. The minimum Gasteiger partial charge on any atom is -0.309 e. The molecule has 0 amide bonds. The van der Waals surface area contributed by atoms with E-state index in [0.717, 1.165) is 11.6 Å². The van der Waals surface area contributed by atoms with Crippen molar-refractivity contribution in [3.8, 4) is 0 Å². The van der Waals surface area contributed by atoms with Crippen LogP contribution in [0.5, 0.6) is 0 Å². The van der Waals surface area contributed by atoms with Gasteiger partial charge in [0.15, 0.2) is 0 Å². The first-order valence-corrected chi connectivity index (χ1v) is 8.71. The smallest absolute Gasteiger partial charge is 0.0406 e. The summed E-state index contributed by atoms with van der Waals surface area (Å²) in [7, 11) is 4.33. The molecular formula is C21H24ClN. The zero-order valence-corrected chi connectivity index (χ0v) is 14.7. The quantitative estimate of drug-likeness (QED) is 0.683. The molecule has 1 nitrogen and oxygen atoms in total. The van der Waals surface area contributed by atoms with Crippen LogP contribution >= 0.6 is 11.6 Å². The number of rotatable bonds is 3. The van der Waals surface area contributed by atoms with Gasteiger partial charge in [0.05, 0.1) is 0 Å². The molecule has 1 unspecified atom stereocenters. The minimum atomic E-state index is 0.573. The Bertz CT molecular complexity index is 685. The van der Waals surface area contributed by atoms with Gasteiger partial charge in [0.2, 0.25) is 0 Å². The topological polar surface area (TPSA) is 3.24 Å². The average molecular weight is 326 g/mol. The lowest BCUT2D eigenvalue weighted by Gasteiger charge is -2.23. The van der Waals surface area contributed by atoms with E-state index in [1.807, 2.05) is 12.1 Å². The zero-order valence-electron chi connectivity index (χ0n) is 13.9. The normalized spacial score (nSPS) is 19.7. The summed E-state index contributed by atoms with van der Waals surface area (Å²) in [5, 5.41) is 0.790. The van der Waals surface area contributed by atoms with Crippen molar-refractivity contribution in [2.75, 3.05) is 20.6 Å². The summed E-state index contributed by atoms with van der Waals surface area (Å²) in [5.74, 6) is 0.573. The number of benzene rings is 2. The van der Waals surface area contributed by atoms with Crippen molar-refractivity contribution in [1.82, 2.24) is 4.90 Å². The van der Waals surface area contributed by atoms with Gasteiger partial charge in [0, 0.05) is 11.6 Å². The molecule has 0 radical (unpaired) electrons. The Morgan fingerprint density at radius 3 is 2.57 bits per heavy atom. The second-order valence-corrected chi connectivity index (χ2v) is 7.10. The molecule has 0 spiro atoms. The van der Waals surface area contributed by atoms with Gasteiger partial charge in [-0.25, -0.2) is 0 Å². The Morgan fingerprint density at radius 2 is 1.83 bits per heavy atom. The summed E-state index contributed by atoms with van der Waals surface area (Å²) in [6.45, 7) is 1.09. The highest BCUT2D eigenvalue weighted by Crippen LogP contribution is 2.36. The van der Waals surface area contributed by atoms with Crippen LogP contribution in [0.1, 0.15) is 29.5 Å². The third-order valence-electron chi connectivity index (χ3n) is 4.54. The van der Waals surface area contributed by atoms with Gasteiger partial charge < -0.3 is 4.90 Å². The SMILES string of the molecule is CN(C)CC1CCCc2ccccc2C1=Cc1ccc(Cl)cc1. The first kappa shape index (κ1) is 16.3. The third kappa shape index (κ3) is 4.04. The predicted molar refractivity (Wildman–Crippen MR) is 101 cm³/mol. The van der Waals surface area contributed by atoms with E-state index in [1.165, 1.54) is 41.5 Å².